The molecular weight excluding hydrogens is 386 g/mol. The SMILES string of the molecule is O=C(C1=C(NCc2ccccc2)OC(c2ccc(Cl)cc2)C1=O)c1ccccc1. The van der Waals surface area contributed by atoms with Gasteiger partial charge in [-0.3, -0.25) is 9.59 Å². The number of Topliss-reactive ketones (excluding diaryl/α,β-unsaturated/α-hetero) is 2. The van der Waals surface area contributed by atoms with E-state index in [-0.39, 0.29) is 23.0 Å². The van der Waals surface area contributed by atoms with Crippen molar-refractivity contribution in [1.29, 1.82) is 0 Å². The first-order chi connectivity index (χ1) is 14.1. The minimum absolute atomic E-state index is 0.0343. The molecule has 0 aromatic heterocycles. The maximum Gasteiger partial charge on any atom is 0.217 e. The molecule has 1 heterocycles. The first-order valence-electron chi connectivity index (χ1n) is 9.21. The third-order valence-electron chi connectivity index (χ3n) is 4.68. The average Bonchev–Trinajstić information content (AvgIpc) is 3.10. The number of ether oxygens (including phenoxy) is 1. The van der Waals surface area contributed by atoms with Gasteiger partial charge in [-0.1, -0.05) is 84.4 Å². The molecule has 29 heavy (non-hydrogen) atoms. The van der Waals surface area contributed by atoms with E-state index in [0.29, 0.717) is 22.7 Å². The second-order valence-corrected chi connectivity index (χ2v) is 7.09. The van der Waals surface area contributed by atoms with Gasteiger partial charge >= 0.3 is 0 Å². The lowest BCUT2D eigenvalue weighted by molar-refractivity contribution is -0.121. The van der Waals surface area contributed by atoms with Crippen molar-refractivity contribution in [1.82, 2.24) is 5.32 Å². The van der Waals surface area contributed by atoms with Crippen molar-refractivity contribution in [3.8, 4) is 0 Å². The number of carbonyl (C=O) groups excluding carboxylic acids is 2. The van der Waals surface area contributed by atoms with Crippen LogP contribution in [-0.2, 0) is 16.1 Å². The molecular formula is C24H18ClNO3. The fourth-order valence-electron chi connectivity index (χ4n) is 3.19. The highest BCUT2D eigenvalue weighted by Crippen LogP contribution is 2.34. The summed E-state index contributed by atoms with van der Waals surface area (Å²) in [6.07, 6.45) is -0.881. The van der Waals surface area contributed by atoms with Crippen LogP contribution in [0.1, 0.15) is 27.6 Å². The smallest absolute Gasteiger partial charge is 0.217 e. The van der Waals surface area contributed by atoms with E-state index in [1.54, 1.807) is 48.5 Å². The van der Waals surface area contributed by atoms with Gasteiger partial charge < -0.3 is 10.1 Å². The quantitative estimate of drug-likeness (QED) is 0.471. The van der Waals surface area contributed by atoms with Crippen LogP contribution in [0.2, 0.25) is 5.02 Å². The molecule has 3 aromatic rings. The van der Waals surface area contributed by atoms with Crippen LogP contribution in [0.15, 0.2) is 96.4 Å². The van der Waals surface area contributed by atoms with Gasteiger partial charge in [0, 0.05) is 22.7 Å². The zero-order valence-corrected chi connectivity index (χ0v) is 16.2. The van der Waals surface area contributed by atoms with Gasteiger partial charge in [0.1, 0.15) is 5.57 Å². The second kappa shape index (κ2) is 8.33. The summed E-state index contributed by atoms with van der Waals surface area (Å²) >= 11 is 5.96. The minimum atomic E-state index is -0.881. The normalized spacial score (nSPS) is 15.9. The van der Waals surface area contributed by atoms with Crippen LogP contribution in [0.5, 0.6) is 0 Å². The number of halogens is 1. The van der Waals surface area contributed by atoms with E-state index in [1.807, 2.05) is 36.4 Å². The highest BCUT2D eigenvalue weighted by Gasteiger charge is 2.40. The summed E-state index contributed by atoms with van der Waals surface area (Å²) in [7, 11) is 0. The summed E-state index contributed by atoms with van der Waals surface area (Å²) in [6, 6.07) is 25.3. The fourth-order valence-corrected chi connectivity index (χ4v) is 3.31. The summed E-state index contributed by atoms with van der Waals surface area (Å²) in [6.45, 7) is 0.433. The van der Waals surface area contributed by atoms with Crippen LogP contribution in [0, 0.1) is 0 Å². The maximum absolute atomic E-state index is 13.2. The van der Waals surface area contributed by atoms with Crippen molar-refractivity contribution in [2.24, 2.45) is 0 Å². The summed E-state index contributed by atoms with van der Waals surface area (Å²) in [5.41, 5.74) is 2.13. The molecule has 4 rings (SSSR count). The van der Waals surface area contributed by atoms with Crippen molar-refractivity contribution in [2.45, 2.75) is 12.6 Å². The fraction of sp³-hybridized carbons (Fsp3) is 0.0833. The predicted molar refractivity (Wildman–Crippen MR) is 111 cm³/mol. The Morgan fingerprint density at radius 1 is 0.897 bits per heavy atom. The standard InChI is InChI=1S/C24H18ClNO3/c25-19-13-11-18(12-14-19)23-22(28)20(21(27)17-9-5-2-6-10-17)24(29-23)26-15-16-7-3-1-4-8-16/h1-14,23,26H,15H2. The number of hydrogen-bond donors (Lipinski definition) is 1. The third-order valence-corrected chi connectivity index (χ3v) is 4.93. The Kier molecular flexibility index (Phi) is 5.45. The van der Waals surface area contributed by atoms with Crippen LogP contribution >= 0.6 is 11.6 Å². The molecule has 1 aliphatic heterocycles. The zero-order chi connectivity index (χ0) is 20.2. The van der Waals surface area contributed by atoms with E-state index in [1.165, 1.54) is 0 Å². The van der Waals surface area contributed by atoms with Crippen LogP contribution in [-0.4, -0.2) is 11.6 Å². The van der Waals surface area contributed by atoms with E-state index in [4.69, 9.17) is 16.3 Å². The summed E-state index contributed by atoms with van der Waals surface area (Å²) in [5.74, 6) is -0.521. The van der Waals surface area contributed by atoms with Crippen LogP contribution in [0.3, 0.4) is 0 Å². The van der Waals surface area contributed by atoms with E-state index in [9.17, 15) is 9.59 Å². The highest BCUT2D eigenvalue weighted by molar-refractivity contribution is 6.30. The molecule has 1 aliphatic rings. The Morgan fingerprint density at radius 2 is 1.52 bits per heavy atom. The van der Waals surface area contributed by atoms with Crippen molar-refractivity contribution in [2.75, 3.05) is 0 Å². The number of carbonyl (C=O) groups is 2. The van der Waals surface area contributed by atoms with Gasteiger partial charge in [0.2, 0.25) is 17.4 Å². The van der Waals surface area contributed by atoms with Crippen molar-refractivity contribution >= 4 is 23.2 Å². The monoisotopic (exact) mass is 403 g/mol. The third kappa shape index (κ3) is 4.08. The number of nitrogens with one attached hydrogen (secondary N) is 1. The molecule has 0 aliphatic carbocycles. The Morgan fingerprint density at radius 3 is 2.17 bits per heavy atom. The van der Waals surface area contributed by atoms with Crippen LogP contribution < -0.4 is 5.32 Å². The van der Waals surface area contributed by atoms with E-state index in [0.717, 1.165) is 5.56 Å². The molecule has 1 atom stereocenters. The van der Waals surface area contributed by atoms with Gasteiger partial charge in [0.25, 0.3) is 0 Å². The lowest BCUT2D eigenvalue weighted by atomic mass is 9.96. The summed E-state index contributed by atoms with van der Waals surface area (Å²) in [4.78, 5) is 26.2. The summed E-state index contributed by atoms with van der Waals surface area (Å²) < 4.78 is 5.93. The number of rotatable bonds is 6. The van der Waals surface area contributed by atoms with Gasteiger partial charge in [-0.05, 0) is 17.7 Å². The number of benzene rings is 3. The minimum Gasteiger partial charge on any atom is -0.462 e. The van der Waals surface area contributed by atoms with Gasteiger partial charge in [-0.15, -0.1) is 0 Å². The summed E-state index contributed by atoms with van der Waals surface area (Å²) in [5, 5.41) is 3.69. The molecule has 3 aromatic carbocycles. The first kappa shape index (κ1) is 19.0. The van der Waals surface area contributed by atoms with E-state index < -0.39 is 6.10 Å². The van der Waals surface area contributed by atoms with Gasteiger partial charge in [0.05, 0.1) is 0 Å². The average molecular weight is 404 g/mol. The molecule has 0 amide bonds. The van der Waals surface area contributed by atoms with Gasteiger partial charge in [0.15, 0.2) is 6.10 Å². The molecule has 144 valence electrons. The van der Waals surface area contributed by atoms with Crippen LogP contribution in [0.25, 0.3) is 0 Å². The molecule has 0 saturated carbocycles. The van der Waals surface area contributed by atoms with Crippen molar-refractivity contribution in [3.05, 3.63) is 118 Å². The van der Waals surface area contributed by atoms with E-state index >= 15 is 0 Å². The molecule has 0 bridgehead atoms. The Bertz CT molecular complexity index is 1060. The van der Waals surface area contributed by atoms with Crippen molar-refractivity contribution < 1.29 is 14.3 Å². The first-order valence-corrected chi connectivity index (χ1v) is 9.59. The largest absolute Gasteiger partial charge is 0.462 e. The molecule has 1 unspecified atom stereocenters. The number of hydrogen-bond acceptors (Lipinski definition) is 4. The molecule has 4 nitrogen and oxygen atoms in total. The molecule has 0 spiro atoms. The van der Waals surface area contributed by atoms with E-state index in [2.05, 4.69) is 5.32 Å². The van der Waals surface area contributed by atoms with Gasteiger partial charge in [-0.2, -0.15) is 0 Å². The zero-order valence-electron chi connectivity index (χ0n) is 15.5. The molecule has 0 saturated heterocycles. The lowest BCUT2D eigenvalue weighted by Gasteiger charge is -2.13. The molecule has 1 N–H and O–H groups in total. The number of ketones is 2. The molecule has 0 fully saturated rings. The second-order valence-electron chi connectivity index (χ2n) is 6.65. The Hall–Kier alpha value is -3.37. The Labute approximate surface area is 173 Å². The van der Waals surface area contributed by atoms with Crippen LogP contribution in [0.4, 0.5) is 0 Å². The Balaban J connectivity index is 1.66. The molecule has 0 radical (unpaired) electrons. The van der Waals surface area contributed by atoms with Crippen molar-refractivity contribution in [3.63, 3.8) is 0 Å². The predicted octanol–water partition coefficient (Wildman–Crippen LogP) is 4.86. The maximum atomic E-state index is 13.2. The lowest BCUT2D eigenvalue weighted by Crippen LogP contribution is -2.18. The van der Waals surface area contributed by atoms with Gasteiger partial charge in [-0.25, -0.2) is 0 Å². The highest BCUT2D eigenvalue weighted by atomic mass is 35.5. The molecule has 5 heteroatoms. The topological polar surface area (TPSA) is 55.4 Å².